The van der Waals surface area contributed by atoms with Gasteiger partial charge in [0.05, 0.1) is 0 Å². The lowest BCUT2D eigenvalue weighted by atomic mass is 9.82. The number of halogens is 2. The van der Waals surface area contributed by atoms with Crippen molar-refractivity contribution >= 4 is 0 Å². The van der Waals surface area contributed by atoms with Crippen LogP contribution in [0, 0.1) is 17.8 Å². The van der Waals surface area contributed by atoms with Crippen LogP contribution in [0.4, 0.5) is 8.78 Å². The van der Waals surface area contributed by atoms with E-state index in [0.717, 1.165) is 12.8 Å². The Labute approximate surface area is 118 Å². The van der Waals surface area contributed by atoms with Crippen LogP contribution >= 0.6 is 0 Å². The van der Waals surface area contributed by atoms with Crippen LogP contribution in [0.5, 0.6) is 0 Å². The predicted molar refractivity (Wildman–Crippen MR) is 77.9 cm³/mol. The molecule has 0 aliphatic rings. The summed E-state index contributed by atoms with van der Waals surface area (Å²) in [5.41, 5.74) is 0. The molecule has 0 saturated carbocycles. The largest absolute Gasteiger partial charge is 0.375 e. The molecule has 0 fully saturated rings. The molecule has 0 bridgehead atoms. The van der Waals surface area contributed by atoms with Gasteiger partial charge in [-0.1, -0.05) is 40.5 Å². The molecule has 19 heavy (non-hydrogen) atoms. The first-order valence-corrected chi connectivity index (χ1v) is 7.64. The van der Waals surface area contributed by atoms with Crippen LogP contribution in [-0.2, 0) is 4.74 Å². The normalized spacial score (nSPS) is 20.1. The Bertz CT molecular complexity index is 219. The highest BCUT2D eigenvalue weighted by molar-refractivity contribution is 4.78. The first-order chi connectivity index (χ1) is 8.83. The zero-order valence-electron chi connectivity index (χ0n) is 13.5. The van der Waals surface area contributed by atoms with Gasteiger partial charge in [0.1, 0.15) is 18.4 Å². The third-order valence-electron chi connectivity index (χ3n) is 4.12. The van der Waals surface area contributed by atoms with E-state index >= 15 is 0 Å². The molecule has 1 nitrogen and oxygen atoms in total. The Balaban J connectivity index is 4.34. The molecule has 0 aliphatic heterocycles. The molecule has 0 aromatic heterocycles. The van der Waals surface area contributed by atoms with Gasteiger partial charge in [-0.05, 0) is 37.5 Å². The highest BCUT2D eigenvalue weighted by Crippen LogP contribution is 2.29. The van der Waals surface area contributed by atoms with Crippen molar-refractivity contribution in [2.75, 3.05) is 7.11 Å². The molecule has 0 aromatic rings. The van der Waals surface area contributed by atoms with Crippen molar-refractivity contribution in [2.45, 2.75) is 78.7 Å². The van der Waals surface area contributed by atoms with E-state index in [1.165, 1.54) is 20.5 Å². The van der Waals surface area contributed by atoms with Gasteiger partial charge < -0.3 is 4.74 Å². The smallest absolute Gasteiger partial charge is 0.129 e. The van der Waals surface area contributed by atoms with Gasteiger partial charge in [-0.25, -0.2) is 8.78 Å². The van der Waals surface area contributed by atoms with E-state index < -0.39 is 18.4 Å². The third-order valence-corrected chi connectivity index (χ3v) is 4.12. The monoisotopic (exact) mass is 278 g/mol. The number of methoxy groups -OCH3 is 1. The SMILES string of the molecule is CCC(CCC(C)C)C(C)CC(F)C(OC)C(C)F. The quantitative estimate of drug-likeness (QED) is 0.534. The number of hydrogen-bond acceptors (Lipinski definition) is 1. The Hall–Kier alpha value is -0.180. The summed E-state index contributed by atoms with van der Waals surface area (Å²) >= 11 is 0. The molecular formula is C16H32F2O. The van der Waals surface area contributed by atoms with Crippen molar-refractivity contribution in [1.82, 2.24) is 0 Å². The van der Waals surface area contributed by atoms with Crippen molar-refractivity contribution < 1.29 is 13.5 Å². The summed E-state index contributed by atoms with van der Waals surface area (Å²) in [5.74, 6) is 1.48. The number of hydrogen-bond donors (Lipinski definition) is 0. The van der Waals surface area contributed by atoms with Gasteiger partial charge in [0.25, 0.3) is 0 Å². The van der Waals surface area contributed by atoms with Gasteiger partial charge in [-0.3, -0.25) is 0 Å². The molecular weight excluding hydrogens is 246 g/mol. The molecule has 0 N–H and O–H groups in total. The fraction of sp³-hybridized carbons (Fsp3) is 1.00. The number of ether oxygens (including phenoxy) is 1. The molecule has 5 atom stereocenters. The number of rotatable bonds is 10. The summed E-state index contributed by atoms with van der Waals surface area (Å²) in [6, 6.07) is 0. The summed E-state index contributed by atoms with van der Waals surface area (Å²) in [6.07, 6.45) is 0.353. The Kier molecular flexibility index (Phi) is 9.59. The molecule has 3 heteroatoms. The van der Waals surface area contributed by atoms with Crippen molar-refractivity contribution in [2.24, 2.45) is 17.8 Å². The lowest BCUT2D eigenvalue weighted by Gasteiger charge is -2.28. The minimum atomic E-state index is -1.26. The Morgan fingerprint density at radius 2 is 1.58 bits per heavy atom. The van der Waals surface area contributed by atoms with Crippen molar-refractivity contribution in [1.29, 1.82) is 0 Å². The number of alkyl halides is 2. The van der Waals surface area contributed by atoms with Crippen LogP contribution in [-0.4, -0.2) is 25.6 Å². The second-order valence-electron chi connectivity index (χ2n) is 6.25. The summed E-state index contributed by atoms with van der Waals surface area (Å²) in [6.45, 7) is 10.0. The van der Waals surface area contributed by atoms with Gasteiger partial charge in [0.15, 0.2) is 0 Å². The molecule has 0 rings (SSSR count). The van der Waals surface area contributed by atoms with E-state index in [1.807, 2.05) is 0 Å². The standard InChI is InChI=1S/C16H32F2O/c1-7-14(9-8-11(2)3)12(4)10-15(18)16(19-6)13(5)17/h11-16H,7-10H2,1-6H3. The van der Waals surface area contributed by atoms with E-state index in [4.69, 9.17) is 4.74 Å². The van der Waals surface area contributed by atoms with Gasteiger partial charge >= 0.3 is 0 Å². The van der Waals surface area contributed by atoms with E-state index in [1.54, 1.807) is 0 Å². The Morgan fingerprint density at radius 3 is 1.95 bits per heavy atom. The van der Waals surface area contributed by atoms with E-state index in [2.05, 4.69) is 27.7 Å². The minimum absolute atomic E-state index is 0.273. The zero-order valence-corrected chi connectivity index (χ0v) is 13.5. The minimum Gasteiger partial charge on any atom is -0.375 e. The van der Waals surface area contributed by atoms with Gasteiger partial charge in [-0.15, -0.1) is 0 Å². The van der Waals surface area contributed by atoms with E-state index in [9.17, 15) is 8.78 Å². The van der Waals surface area contributed by atoms with Crippen molar-refractivity contribution in [3.05, 3.63) is 0 Å². The zero-order chi connectivity index (χ0) is 15.0. The van der Waals surface area contributed by atoms with Crippen LogP contribution in [0.2, 0.25) is 0 Å². The third kappa shape index (κ3) is 7.24. The maximum Gasteiger partial charge on any atom is 0.129 e. The summed E-state index contributed by atoms with van der Waals surface area (Å²) in [7, 11) is 1.38. The second kappa shape index (κ2) is 9.68. The topological polar surface area (TPSA) is 9.23 Å². The maximum absolute atomic E-state index is 14.1. The first-order valence-electron chi connectivity index (χ1n) is 7.64. The lowest BCUT2D eigenvalue weighted by Crippen LogP contribution is -2.34. The fourth-order valence-electron chi connectivity index (χ4n) is 2.74. The molecule has 0 aliphatic carbocycles. The molecule has 0 aromatic carbocycles. The summed E-state index contributed by atoms with van der Waals surface area (Å²) in [5, 5.41) is 0. The van der Waals surface area contributed by atoms with Crippen molar-refractivity contribution in [3.8, 4) is 0 Å². The maximum atomic E-state index is 14.1. The molecule has 5 unspecified atom stereocenters. The van der Waals surface area contributed by atoms with Gasteiger partial charge in [0, 0.05) is 7.11 Å². The van der Waals surface area contributed by atoms with Gasteiger partial charge in [-0.2, -0.15) is 0 Å². The van der Waals surface area contributed by atoms with Crippen molar-refractivity contribution in [3.63, 3.8) is 0 Å². The highest BCUT2D eigenvalue weighted by Gasteiger charge is 2.30. The average Bonchev–Trinajstić information content (AvgIpc) is 2.29. The van der Waals surface area contributed by atoms with Crippen LogP contribution in [0.1, 0.15) is 60.3 Å². The first kappa shape index (κ1) is 18.8. The highest BCUT2D eigenvalue weighted by atomic mass is 19.1. The van der Waals surface area contributed by atoms with Gasteiger partial charge in [0.2, 0.25) is 0 Å². The summed E-state index contributed by atoms with van der Waals surface area (Å²) < 4.78 is 32.3. The molecule has 0 spiro atoms. The fourth-order valence-corrected chi connectivity index (χ4v) is 2.74. The van der Waals surface area contributed by atoms with E-state index in [0.29, 0.717) is 18.3 Å². The lowest BCUT2D eigenvalue weighted by molar-refractivity contribution is -0.0261. The molecule has 0 radical (unpaired) electrons. The molecule has 116 valence electrons. The molecule has 0 saturated heterocycles. The van der Waals surface area contributed by atoms with E-state index in [-0.39, 0.29) is 5.92 Å². The summed E-state index contributed by atoms with van der Waals surface area (Å²) in [4.78, 5) is 0. The second-order valence-corrected chi connectivity index (χ2v) is 6.25. The predicted octanol–water partition coefficient (Wildman–Crippen LogP) is 5.19. The van der Waals surface area contributed by atoms with Crippen LogP contribution in [0.3, 0.4) is 0 Å². The molecule has 0 amide bonds. The van der Waals surface area contributed by atoms with Crippen LogP contribution in [0.25, 0.3) is 0 Å². The average molecular weight is 278 g/mol. The van der Waals surface area contributed by atoms with Crippen LogP contribution < -0.4 is 0 Å². The van der Waals surface area contributed by atoms with Crippen LogP contribution in [0.15, 0.2) is 0 Å². The molecule has 0 heterocycles. The Morgan fingerprint density at radius 1 is 1.00 bits per heavy atom.